The number of rotatable bonds is 6. The van der Waals surface area contributed by atoms with Crippen LogP contribution in [0.25, 0.3) is 0 Å². The molecule has 24 heavy (non-hydrogen) atoms. The molecule has 0 aromatic heterocycles. The van der Waals surface area contributed by atoms with E-state index in [0.29, 0.717) is 13.0 Å². The SMILES string of the molecule is COc1cccc(CCNC(=O)Cc2ccc3c(c2)CCCO3)c1. The number of carbonyl (C=O) groups excluding carboxylic acids is 1. The molecule has 0 spiro atoms. The maximum absolute atomic E-state index is 12.1. The highest BCUT2D eigenvalue weighted by Gasteiger charge is 2.12. The van der Waals surface area contributed by atoms with Crippen molar-refractivity contribution in [3.8, 4) is 11.5 Å². The molecule has 0 saturated carbocycles. The van der Waals surface area contributed by atoms with E-state index in [0.717, 1.165) is 48.5 Å². The monoisotopic (exact) mass is 325 g/mol. The molecule has 1 aliphatic heterocycles. The van der Waals surface area contributed by atoms with Crippen molar-refractivity contribution in [1.82, 2.24) is 5.32 Å². The zero-order chi connectivity index (χ0) is 16.8. The Bertz CT molecular complexity index is 712. The van der Waals surface area contributed by atoms with Gasteiger partial charge in [-0.05, 0) is 54.2 Å². The Balaban J connectivity index is 1.49. The summed E-state index contributed by atoms with van der Waals surface area (Å²) in [6.45, 7) is 1.41. The van der Waals surface area contributed by atoms with E-state index in [9.17, 15) is 4.79 Å². The molecule has 3 rings (SSSR count). The lowest BCUT2D eigenvalue weighted by atomic mass is 10.0. The lowest BCUT2D eigenvalue weighted by Gasteiger charge is -2.17. The number of ether oxygens (including phenoxy) is 2. The van der Waals surface area contributed by atoms with Gasteiger partial charge < -0.3 is 14.8 Å². The van der Waals surface area contributed by atoms with E-state index in [4.69, 9.17) is 9.47 Å². The number of aryl methyl sites for hydroxylation is 1. The smallest absolute Gasteiger partial charge is 0.224 e. The maximum Gasteiger partial charge on any atom is 0.224 e. The second-order valence-corrected chi connectivity index (χ2v) is 6.02. The number of amides is 1. The first-order chi connectivity index (χ1) is 11.7. The third kappa shape index (κ3) is 4.28. The standard InChI is InChI=1S/C20H23NO3/c1-23-18-6-2-4-15(13-18)9-10-21-20(22)14-16-7-8-19-17(12-16)5-3-11-24-19/h2,4,6-8,12-13H,3,5,9-11,14H2,1H3,(H,21,22). The largest absolute Gasteiger partial charge is 0.497 e. The summed E-state index contributed by atoms with van der Waals surface area (Å²) < 4.78 is 10.8. The van der Waals surface area contributed by atoms with Crippen molar-refractivity contribution in [3.63, 3.8) is 0 Å². The van der Waals surface area contributed by atoms with Gasteiger partial charge in [-0.2, -0.15) is 0 Å². The third-order valence-corrected chi connectivity index (χ3v) is 4.21. The van der Waals surface area contributed by atoms with Crippen LogP contribution in [0.4, 0.5) is 0 Å². The van der Waals surface area contributed by atoms with Gasteiger partial charge in [0.1, 0.15) is 11.5 Å². The van der Waals surface area contributed by atoms with Crippen LogP contribution in [0.5, 0.6) is 11.5 Å². The van der Waals surface area contributed by atoms with Crippen molar-refractivity contribution in [1.29, 1.82) is 0 Å². The van der Waals surface area contributed by atoms with E-state index >= 15 is 0 Å². The quantitative estimate of drug-likeness (QED) is 0.888. The minimum atomic E-state index is 0.0505. The second-order valence-electron chi connectivity index (χ2n) is 6.02. The molecule has 0 atom stereocenters. The molecule has 0 bridgehead atoms. The Morgan fingerprint density at radius 2 is 2.12 bits per heavy atom. The molecule has 1 aliphatic rings. The van der Waals surface area contributed by atoms with Gasteiger partial charge in [-0.3, -0.25) is 4.79 Å². The van der Waals surface area contributed by atoms with Crippen LogP contribution in [0.1, 0.15) is 23.1 Å². The lowest BCUT2D eigenvalue weighted by Crippen LogP contribution is -2.27. The van der Waals surface area contributed by atoms with Crippen molar-refractivity contribution in [2.24, 2.45) is 0 Å². The van der Waals surface area contributed by atoms with E-state index in [2.05, 4.69) is 11.4 Å². The summed E-state index contributed by atoms with van der Waals surface area (Å²) >= 11 is 0. The predicted octanol–water partition coefficient (Wildman–Crippen LogP) is 2.92. The van der Waals surface area contributed by atoms with Gasteiger partial charge in [0.05, 0.1) is 20.1 Å². The van der Waals surface area contributed by atoms with E-state index in [-0.39, 0.29) is 5.91 Å². The van der Waals surface area contributed by atoms with Crippen LogP contribution in [0, 0.1) is 0 Å². The average Bonchev–Trinajstić information content (AvgIpc) is 2.62. The number of hydrogen-bond acceptors (Lipinski definition) is 3. The van der Waals surface area contributed by atoms with Crippen LogP contribution < -0.4 is 14.8 Å². The van der Waals surface area contributed by atoms with Crippen LogP contribution in [-0.2, 0) is 24.1 Å². The Morgan fingerprint density at radius 3 is 3.00 bits per heavy atom. The van der Waals surface area contributed by atoms with Gasteiger partial charge in [0.2, 0.25) is 5.91 Å². The highest BCUT2D eigenvalue weighted by molar-refractivity contribution is 5.78. The molecular formula is C20H23NO3. The zero-order valence-electron chi connectivity index (χ0n) is 14.0. The molecular weight excluding hydrogens is 302 g/mol. The summed E-state index contributed by atoms with van der Waals surface area (Å²) in [6.07, 6.45) is 3.27. The normalized spacial score (nSPS) is 12.9. The molecule has 0 unspecified atom stereocenters. The first-order valence-corrected chi connectivity index (χ1v) is 8.39. The fraction of sp³-hybridized carbons (Fsp3) is 0.350. The zero-order valence-corrected chi connectivity index (χ0v) is 14.0. The number of nitrogens with one attached hydrogen (secondary N) is 1. The van der Waals surface area contributed by atoms with Crippen molar-refractivity contribution < 1.29 is 14.3 Å². The lowest BCUT2D eigenvalue weighted by molar-refractivity contribution is -0.120. The molecule has 2 aromatic carbocycles. The molecule has 0 fully saturated rings. The number of hydrogen-bond donors (Lipinski definition) is 1. The summed E-state index contributed by atoms with van der Waals surface area (Å²) in [4.78, 5) is 12.1. The molecule has 4 nitrogen and oxygen atoms in total. The van der Waals surface area contributed by atoms with Gasteiger partial charge in [-0.25, -0.2) is 0 Å². The predicted molar refractivity (Wildman–Crippen MR) is 93.7 cm³/mol. The van der Waals surface area contributed by atoms with E-state index in [1.165, 1.54) is 5.56 Å². The maximum atomic E-state index is 12.1. The van der Waals surface area contributed by atoms with Gasteiger partial charge in [0.25, 0.3) is 0 Å². The summed E-state index contributed by atoms with van der Waals surface area (Å²) in [7, 11) is 1.66. The fourth-order valence-corrected chi connectivity index (χ4v) is 2.95. The van der Waals surface area contributed by atoms with Crippen molar-refractivity contribution in [2.75, 3.05) is 20.3 Å². The Labute approximate surface area is 142 Å². The van der Waals surface area contributed by atoms with Crippen LogP contribution >= 0.6 is 0 Å². The summed E-state index contributed by atoms with van der Waals surface area (Å²) in [5.74, 6) is 1.85. The van der Waals surface area contributed by atoms with Crippen molar-refractivity contribution >= 4 is 5.91 Å². The molecule has 126 valence electrons. The van der Waals surface area contributed by atoms with Gasteiger partial charge in [0.15, 0.2) is 0 Å². The summed E-state index contributed by atoms with van der Waals surface area (Å²) in [5, 5.41) is 2.99. The molecule has 1 heterocycles. The molecule has 0 saturated heterocycles. The first kappa shape index (κ1) is 16.4. The molecule has 0 radical (unpaired) electrons. The van der Waals surface area contributed by atoms with Crippen LogP contribution in [-0.4, -0.2) is 26.2 Å². The topological polar surface area (TPSA) is 47.6 Å². The Kier molecular flexibility index (Phi) is 5.36. The minimum absolute atomic E-state index is 0.0505. The molecule has 1 amide bonds. The molecule has 4 heteroatoms. The fourth-order valence-electron chi connectivity index (χ4n) is 2.95. The van der Waals surface area contributed by atoms with Crippen molar-refractivity contribution in [3.05, 3.63) is 59.2 Å². The van der Waals surface area contributed by atoms with Crippen molar-refractivity contribution in [2.45, 2.75) is 25.7 Å². The van der Waals surface area contributed by atoms with Crippen LogP contribution in [0.15, 0.2) is 42.5 Å². The first-order valence-electron chi connectivity index (χ1n) is 8.39. The van der Waals surface area contributed by atoms with Gasteiger partial charge in [-0.1, -0.05) is 24.3 Å². The average molecular weight is 325 g/mol. The minimum Gasteiger partial charge on any atom is -0.497 e. The summed E-state index contributed by atoms with van der Waals surface area (Å²) in [5.41, 5.74) is 3.40. The molecule has 1 N–H and O–H groups in total. The van der Waals surface area contributed by atoms with Crippen LogP contribution in [0.3, 0.4) is 0 Å². The third-order valence-electron chi connectivity index (χ3n) is 4.21. The van der Waals surface area contributed by atoms with Crippen LogP contribution in [0.2, 0.25) is 0 Å². The number of methoxy groups -OCH3 is 1. The Morgan fingerprint density at radius 1 is 1.21 bits per heavy atom. The highest BCUT2D eigenvalue weighted by Crippen LogP contribution is 2.25. The number of benzene rings is 2. The second kappa shape index (κ2) is 7.86. The molecule has 2 aromatic rings. The number of fused-ring (bicyclic) bond motifs is 1. The Hall–Kier alpha value is -2.49. The number of carbonyl (C=O) groups is 1. The van der Waals surface area contributed by atoms with Gasteiger partial charge in [-0.15, -0.1) is 0 Å². The van der Waals surface area contributed by atoms with E-state index in [1.54, 1.807) is 7.11 Å². The van der Waals surface area contributed by atoms with E-state index < -0.39 is 0 Å². The molecule has 0 aliphatic carbocycles. The van der Waals surface area contributed by atoms with Gasteiger partial charge in [0, 0.05) is 6.54 Å². The van der Waals surface area contributed by atoms with Gasteiger partial charge >= 0.3 is 0 Å². The highest BCUT2D eigenvalue weighted by atomic mass is 16.5. The summed E-state index contributed by atoms with van der Waals surface area (Å²) in [6, 6.07) is 14.0. The van der Waals surface area contributed by atoms with E-state index in [1.807, 2.05) is 36.4 Å².